The molecule has 3 amide bonds. The van der Waals surface area contributed by atoms with Crippen LogP contribution in [0.3, 0.4) is 0 Å². The minimum atomic E-state index is -0.269. The van der Waals surface area contributed by atoms with Gasteiger partial charge in [-0.25, -0.2) is 0 Å². The highest BCUT2D eigenvalue weighted by Crippen LogP contribution is 2.29. The van der Waals surface area contributed by atoms with Gasteiger partial charge in [-0.3, -0.25) is 14.4 Å². The van der Waals surface area contributed by atoms with Crippen LogP contribution in [0.2, 0.25) is 0 Å². The molecule has 7 nitrogen and oxygen atoms in total. The third kappa shape index (κ3) is 4.56. The van der Waals surface area contributed by atoms with Crippen LogP contribution in [0.5, 0.6) is 5.75 Å². The standard InChI is InChI=1S/C22H25N3O4/c1-4-24(14-21(27)23-18-6-8-19(29-3)9-7-18)22(28)17-5-10-20-16(13-17)11-12-25(20)15(2)26/h5-10,13H,4,11-12,14H2,1-3H3,(H,23,27). The van der Waals surface area contributed by atoms with Crippen LogP contribution in [0.25, 0.3) is 0 Å². The lowest BCUT2D eigenvalue weighted by Gasteiger charge is -2.21. The van der Waals surface area contributed by atoms with Crippen LogP contribution in [0, 0.1) is 0 Å². The summed E-state index contributed by atoms with van der Waals surface area (Å²) in [5.74, 6) is 0.220. The molecule has 2 aromatic rings. The van der Waals surface area contributed by atoms with E-state index in [1.54, 1.807) is 42.3 Å². The lowest BCUT2D eigenvalue weighted by atomic mass is 10.1. The Kier molecular flexibility index (Phi) is 6.16. The van der Waals surface area contributed by atoms with Crippen LogP contribution in [-0.4, -0.2) is 49.4 Å². The van der Waals surface area contributed by atoms with E-state index in [9.17, 15) is 14.4 Å². The number of benzene rings is 2. The van der Waals surface area contributed by atoms with Crippen molar-refractivity contribution in [1.82, 2.24) is 4.90 Å². The quantitative estimate of drug-likeness (QED) is 0.816. The molecule has 1 N–H and O–H groups in total. The summed E-state index contributed by atoms with van der Waals surface area (Å²) in [6.07, 6.45) is 0.722. The number of ether oxygens (including phenoxy) is 1. The summed E-state index contributed by atoms with van der Waals surface area (Å²) in [4.78, 5) is 40.2. The molecule has 0 aliphatic carbocycles. The molecule has 7 heteroatoms. The molecule has 3 rings (SSSR count). The Morgan fingerprint density at radius 1 is 1.14 bits per heavy atom. The lowest BCUT2D eigenvalue weighted by molar-refractivity contribution is -0.117. The Bertz CT molecular complexity index is 924. The van der Waals surface area contributed by atoms with Gasteiger partial charge in [0.25, 0.3) is 5.91 Å². The zero-order chi connectivity index (χ0) is 21.0. The van der Waals surface area contributed by atoms with Crippen molar-refractivity contribution >= 4 is 29.1 Å². The van der Waals surface area contributed by atoms with Gasteiger partial charge in [-0.1, -0.05) is 0 Å². The third-order valence-electron chi connectivity index (χ3n) is 4.98. The molecule has 2 aromatic carbocycles. The SMILES string of the molecule is CCN(CC(=O)Nc1ccc(OC)cc1)C(=O)c1ccc2c(c1)CCN2C(C)=O. The Morgan fingerprint density at radius 3 is 2.48 bits per heavy atom. The molecule has 1 heterocycles. The van der Waals surface area contributed by atoms with Crippen molar-refractivity contribution < 1.29 is 19.1 Å². The van der Waals surface area contributed by atoms with Crippen LogP contribution >= 0.6 is 0 Å². The fraction of sp³-hybridized carbons (Fsp3) is 0.318. The molecule has 0 spiro atoms. The summed E-state index contributed by atoms with van der Waals surface area (Å²) in [5.41, 5.74) is 2.99. The number of carbonyl (C=O) groups is 3. The van der Waals surface area contributed by atoms with Gasteiger partial charge in [0.15, 0.2) is 0 Å². The van der Waals surface area contributed by atoms with Crippen molar-refractivity contribution in [2.75, 3.05) is 37.0 Å². The van der Waals surface area contributed by atoms with Crippen LogP contribution in [0.15, 0.2) is 42.5 Å². The largest absolute Gasteiger partial charge is 0.497 e. The van der Waals surface area contributed by atoms with E-state index in [1.807, 2.05) is 19.1 Å². The first-order chi connectivity index (χ1) is 13.9. The summed E-state index contributed by atoms with van der Waals surface area (Å²) < 4.78 is 5.10. The number of anilines is 2. The summed E-state index contributed by atoms with van der Waals surface area (Å²) in [5, 5.41) is 2.79. The molecule has 0 unspecified atom stereocenters. The first-order valence-corrected chi connectivity index (χ1v) is 9.57. The summed E-state index contributed by atoms with van der Waals surface area (Å²) >= 11 is 0. The van der Waals surface area contributed by atoms with E-state index in [2.05, 4.69) is 5.32 Å². The Morgan fingerprint density at radius 2 is 1.86 bits per heavy atom. The van der Waals surface area contributed by atoms with Gasteiger partial charge < -0.3 is 19.9 Å². The van der Waals surface area contributed by atoms with Crippen molar-refractivity contribution in [3.8, 4) is 5.75 Å². The van der Waals surface area contributed by atoms with E-state index in [0.717, 1.165) is 17.7 Å². The Balaban J connectivity index is 1.67. The van der Waals surface area contributed by atoms with Crippen LogP contribution in [0.1, 0.15) is 29.8 Å². The maximum absolute atomic E-state index is 12.9. The van der Waals surface area contributed by atoms with Gasteiger partial charge in [0, 0.05) is 37.0 Å². The van der Waals surface area contributed by atoms with E-state index in [1.165, 1.54) is 11.8 Å². The molecule has 1 aliphatic rings. The highest BCUT2D eigenvalue weighted by Gasteiger charge is 2.24. The van der Waals surface area contributed by atoms with E-state index < -0.39 is 0 Å². The van der Waals surface area contributed by atoms with E-state index >= 15 is 0 Å². The molecule has 0 saturated heterocycles. The number of amides is 3. The fourth-order valence-electron chi connectivity index (χ4n) is 3.42. The van der Waals surface area contributed by atoms with Crippen molar-refractivity contribution in [3.63, 3.8) is 0 Å². The van der Waals surface area contributed by atoms with Gasteiger partial charge in [-0.15, -0.1) is 0 Å². The first kappa shape index (κ1) is 20.4. The minimum absolute atomic E-state index is 0.00628. The van der Waals surface area contributed by atoms with Crippen molar-refractivity contribution in [2.45, 2.75) is 20.3 Å². The lowest BCUT2D eigenvalue weighted by Crippen LogP contribution is -2.37. The van der Waals surface area contributed by atoms with Gasteiger partial charge in [0.2, 0.25) is 11.8 Å². The average molecular weight is 395 g/mol. The van der Waals surface area contributed by atoms with Gasteiger partial charge >= 0.3 is 0 Å². The molecule has 29 heavy (non-hydrogen) atoms. The number of likely N-dealkylation sites (N-methyl/N-ethyl adjacent to an activating group) is 1. The normalized spacial score (nSPS) is 12.3. The number of rotatable bonds is 6. The first-order valence-electron chi connectivity index (χ1n) is 9.57. The second-order valence-electron chi connectivity index (χ2n) is 6.86. The highest BCUT2D eigenvalue weighted by atomic mass is 16.5. The van der Waals surface area contributed by atoms with Gasteiger partial charge in [-0.05, 0) is 61.4 Å². The Labute approximate surface area is 170 Å². The number of methoxy groups -OCH3 is 1. The molecule has 0 atom stereocenters. The molecule has 152 valence electrons. The van der Waals surface area contributed by atoms with Crippen LogP contribution in [-0.2, 0) is 16.0 Å². The predicted octanol–water partition coefficient (Wildman–Crippen LogP) is 2.71. The van der Waals surface area contributed by atoms with Crippen molar-refractivity contribution in [3.05, 3.63) is 53.6 Å². The number of nitrogens with one attached hydrogen (secondary N) is 1. The van der Waals surface area contributed by atoms with E-state index in [0.29, 0.717) is 30.1 Å². The number of nitrogens with zero attached hydrogens (tertiary/aromatic N) is 2. The average Bonchev–Trinajstić information content (AvgIpc) is 3.15. The predicted molar refractivity (Wildman–Crippen MR) is 111 cm³/mol. The number of fused-ring (bicyclic) bond motifs is 1. The summed E-state index contributed by atoms with van der Waals surface area (Å²) in [6.45, 7) is 4.37. The smallest absolute Gasteiger partial charge is 0.254 e. The molecule has 0 bridgehead atoms. The number of hydrogen-bond acceptors (Lipinski definition) is 4. The summed E-state index contributed by atoms with van der Waals surface area (Å²) in [6, 6.07) is 12.4. The molecule has 0 saturated carbocycles. The second-order valence-corrected chi connectivity index (χ2v) is 6.86. The molecule has 0 radical (unpaired) electrons. The zero-order valence-corrected chi connectivity index (χ0v) is 16.9. The third-order valence-corrected chi connectivity index (χ3v) is 4.98. The zero-order valence-electron chi connectivity index (χ0n) is 16.9. The van der Waals surface area contributed by atoms with Crippen molar-refractivity contribution in [1.29, 1.82) is 0 Å². The second kappa shape index (κ2) is 8.77. The van der Waals surface area contributed by atoms with Crippen molar-refractivity contribution in [2.24, 2.45) is 0 Å². The van der Waals surface area contributed by atoms with Crippen LogP contribution in [0.4, 0.5) is 11.4 Å². The molecular weight excluding hydrogens is 370 g/mol. The fourth-order valence-corrected chi connectivity index (χ4v) is 3.42. The van der Waals surface area contributed by atoms with Crippen LogP contribution < -0.4 is 15.0 Å². The molecule has 0 aromatic heterocycles. The monoisotopic (exact) mass is 395 g/mol. The van der Waals surface area contributed by atoms with Gasteiger partial charge in [0.05, 0.1) is 7.11 Å². The number of carbonyl (C=O) groups excluding carboxylic acids is 3. The van der Waals surface area contributed by atoms with Gasteiger partial charge in [0.1, 0.15) is 12.3 Å². The molecule has 1 aliphatic heterocycles. The maximum Gasteiger partial charge on any atom is 0.254 e. The summed E-state index contributed by atoms with van der Waals surface area (Å²) in [7, 11) is 1.58. The van der Waals surface area contributed by atoms with E-state index in [4.69, 9.17) is 4.74 Å². The van der Waals surface area contributed by atoms with Gasteiger partial charge in [-0.2, -0.15) is 0 Å². The molecular formula is C22H25N3O4. The minimum Gasteiger partial charge on any atom is -0.497 e. The topological polar surface area (TPSA) is 79.0 Å². The Hall–Kier alpha value is -3.35. The molecule has 0 fully saturated rings. The number of hydrogen-bond donors (Lipinski definition) is 1. The van der Waals surface area contributed by atoms with E-state index in [-0.39, 0.29) is 24.3 Å². The highest BCUT2D eigenvalue weighted by molar-refractivity contribution is 6.00. The maximum atomic E-state index is 12.9.